The van der Waals surface area contributed by atoms with Gasteiger partial charge in [-0.05, 0) is 42.7 Å². The molecule has 1 aromatic heterocycles. The molecule has 0 unspecified atom stereocenters. The molecule has 28 heavy (non-hydrogen) atoms. The highest BCUT2D eigenvalue weighted by Gasteiger charge is 2.25. The van der Waals surface area contributed by atoms with Crippen molar-refractivity contribution in [3.8, 4) is 34.2 Å². The average molecular weight is 379 g/mol. The van der Waals surface area contributed by atoms with E-state index in [1.807, 2.05) is 16.8 Å². The number of aryl methyl sites for hydroxylation is 1. The second kappa shape index (κ2) is 7.46. The second-order valence-electron chi connectivity index (χ2n) is 6.70. The van der Waals surface area contributed by atoms with Crippen LogP contribution in [0.2, 0.25) is 0 Å². The summed E-state index contributed by atoms with van der Waals surface area (Å²) in [6, 6.07) is 12.4. The van der Waals surface area contributed by atoms with Crippen LogP contribution in [0.15, 0.2) is 36.4 Å². The number of hydrogen-bond acceptors (Lipinski definition) is 5. The Labute approximate surface area is 165 Å². The molecule has 0 atom stereocenters. The monoisotopic (exact) mass is 379 g/mol. The van der Waals surface area contributed by atoms with Crippen molar-refractivity contribution in [2.75, 3.05) is 33.2 Å². The molecule has 0 radical (unpaired) electrons. The largest absolute Gasteiger partial charge is 0.493 e. The normalized spacial score (nSPS) is 12.4. The number of benzene rings is 2. The molecule has 2 aromatic carbocycles. The molecule has 0 saturated heterocycles. The Bertz CT molecular complexity index is 968. The first-order chi connectivity index (χ1) is 13.7. The molecule has 0 fully saturated rings. The van der Waals surface area contributed by atoms with Crippen molar-refractivity contribution in [1.82, 2.24) is 9.78 Å². The smallest absolute Gasteiger partial charge is 0.203 e. The Balaban J connectivity index is 1.85. The Morgan fingerprint density at radius 2 is 1.68 bits per heavy atom. The number of aromatic nitrogens is 2. The van der Waals surface area contributed by atoms with Gasteiger partial charge in [0, 0.05) is 17.7 Å². The van der Waals surface area contributed by atoms with E-state index < -0.39 is 0 Å². The summed E-state index contributed by atoms with van der Waals surface area (Å²) >= 11 is 0. The standard InChI is InChI=1S/C22H25N3O3/c1-5-14-6-8-16(9-7-14)25-22-17(10-11-23-22)20(24-25)15-12-18(26-2)21(28-4)19(13-15)27-3/h6-9,12-13,23H,5,10-11H2,1-4H3. The quantitative estimate of drug-likeness (QED) is 0.699. The lowest BCUT2D eigenvalue weighted by molar-refractivity contribution is 0.324. The molecule has 1 aliphatic heterocycles. The molecule has 146 valence electrons. The van der Waals surface area contributed by atoms with Gasteiger partial charge in [0.15, 0.2) is 11.5 Å². The maximum absolute atomic E-state index is 5.52. The Morgan fingerprint density at radius 3 is 2.25 bits per heavy atom. The van der Waals surface area contributed by atoms with Gasteiger partial charge in [-0.1, -0.05) is 19.1 Å². The van der Waals surface area contributed by atoms with Gasteiger partial charge >= 0.3 is 0 Å². The fourth-order valence-electron chi connectivity index (χ4n) is 3.68. The molecular formula is C22H25N3O3. The third kappa shape index (κ3) is 2.95. The van der Waals surface area contributed by atoms with E-state index in [4.69, 9.17) is 19.3 Å². The summed E-state index contributed by atoms with van der Waals surface area (Å²) in [5, 5.41) is 8.42. The zero-order valence-corrected chi connectivity index (χ0v) is 16.7. The van der Waals surface area contributed by atoms with Gasteiger partial charge in [0.05, 0.1) is 32.7 Å². The fraction of sp³-hybridized carbons (Fsp3) is 0.318. The number of nitrogens with one attached hydrogen (secondary N) is 1. The van der Waals surface area contributed by atoms with Crippen LogP contribution in [-0.2, 0) is 12.8 Å². The first-order valence-electron chi connectivity index (χ1n) is 9.45. The molecule has 6 heteroatoms. The maximum atomic E-state index is 5.52. The molecule has 2 heterocycles. The Hall–Kier alpha value is -3.15. The lowest BCUT2D eigenvalue weighted by Gasteiger charge is -2.13. The van der Waals surface area contributed by atoms with Crippen LogP contribution in [0.4, 0.5) is 5.82 Å². The van der Waals surface area contributed by atoms with Gasteiger partial charge in [-0.15, -0.1) is 0 Å². The predicted molar refractivity (Wildman–Crippen MR) is 110 cm³/mol. The third-order valence-electron chi connectivity index (χ3n) is 5.18. The minimum Gasteiger partial charge on any atom is -0.493 e. The maximum Gasteiger partial charge on any atom is 0.203 e. The number of methoxy groups -OCH3 is 3. The zero-order valence-electron chi connectivity index (χ0n) is 16.7. The van der Waals surface area contributed by atoms with E-state index in [0.717, 1.165) is 42.1 Å². The Kier molecular flexibility index (Phi) is 4.86. The molecule has 0 saturated carbocycles. The SMILES string of the molecule is CCc1ccc(-n2nc(-c3cc(OC)c(OC)c(OC)c3)c3c2NCC3)cc1. The molecule has 0 aliphatic carbocycles. The molecule has 1 aliphatic rings. The van der Waals surface area contributed by atoms with Gasteiger partial charge in [0.1, 0.15) is 5.82 Å². The van der Waals surface area contributed by atoms with Crippen molar-refractivity contribution in [2.24, 2.45) is 0 Å². The van der Waals surface area contributed by atoms with E-state index in [1.165, 1.54) is 11.1 Å². The summed E-state index contributed by atoms with van der Waals surface area (Å²) < 4.78 is 18.5. The van der Waals surface area contributed by atoms with Crippen LogP contribution in [-0.4, -0.2) is 37.7 Å². The van der Waals surface area contributed by atoms with E-state index in [2.05, 4.69) is 36.5 Å². The number of anilines is 1. The van der Waals surface area contributed by atoms with E-state index in [0.29, 0.717) is 17.2 Å². The van der Waals surface area contributed by atoms with Crippen LogP contribution in [0.5, 0.6) is 17.2 Å². The summed E-state index contributed by atoms with van der Waals surface area (Å²) in [6.07, 6.45) is 1.95. The first kappa shape index (κ1) is 18.2. The summed E-state index contributed by atoms with van der Waals surface area (Å²) in [6.45, 7) is 3.06. The van der Waals surface area contributed by atoms with Crippen molar-refractivity contribution in [1.29, 1.82) is 0 Å². The van der Waals surface area contributed by atoms with Crippen LogP contribution in [0, 0.1) is 0 Å². The van der Waals surface area contributed by atoms with Crippen molar-refractivity contribution in [3.63, 3.8) is 0 Å². The number of fused-ring (bicyclic) bond motifs is 1. The van der Waals surface area contributed by atoms with Crippen molar-refractivity contribution < 1.29 is 14.2 Å². The van der Waals surface area contributed by atoms with Gasteiger partial charge < -0.3 is 19.5 Å². The lowest BCUT2D eigenvalue weighted by Crippen LogP contribution is -2.04. The molecule has 1 N–H and O–H groups in total. The summed E-state index contributed by atoms with van der Waals surface area (Å²) in [5.41, 5.74) is 5.43. The van der Waals surface area contributed by atoms with Gasteiger partial charge in [0.25, 0.3) is 0 Å². The topological polar surface area (TPSA) is 57.5 Å². The first-order valence-corrected chi connectivity index (χ1v) is 9.45. The molecule has 3 aromatic rings. The fourth-order valence-corrected chi connectivity index (χ4v) is 3.68. The van der Waals surface area contributed by atoms with Gasteiger partial charge in [0.2, 0.25) is 5.75 Å². The summed E-state index contributed by atoms with van der Waals surface area (Å²) in [7, 11) is 4.86. The minimum atomic E-state index is 0.582. The highest BCUT2D eigenvalue weighted by Crippen LogP contribution is 2.43. The third-order valence-corrected chi connectivity index (χ3v) is 5.18. The van der Waals surface area contributed by atoms with Gasteiger partial charge in [-0.3, -0.25) is 0 Å². The van der Waals surface area contributed by atoms with E-state index >= 15 is 0 Å². The summed E-state index contributed by atoms with van der Waals surface area (Å²) in [4.78, 5) is 0. The van der Waals surface area contributed by atoms with E-state index in [-0.39, 0.29) is 0 Å². The average Bonchev–Trinajstić information content (AvgIpc) is 3.35. The molecule has 4 rings (SSSR count). The molecule has 6 nitrogen and oxygen atoms in total. The molecular weight excluding hydrogens is 354 g/mol. The number of nitrogens with zero attached hydrogens (tertiary/aromatic N) is 2. The Morgan fingerprint density at radius 1 is 1.00 bits per heavy atom. The van der Waals surface area contributed by atoms with Crippen LogP contribution in [0.3, 0.4) is 0 Å². The van der Waals surface area contributed by atoms with Crippen LogP contribution >= 0.6 is 0 Å². The number of rotatable bonds is 6. The zero-order chi connectivity index (χ0) is 19.7. The minimum absolute atomic E-state index is 0.582. The van der Waals surface area contributed by atoms with Gasteiger partial charge in [-0.25, -0.2) is 4.68 Å². The highest BCUT2D eigenvalue weighted by molar-refractivity contribution is 5.76. The molecule has 0 amide bonds. The van der Waals surface area contributed by atoms with Gasteiger partial charge in [-0.2, -0.15) is 5.10 Å². The van der Waals surface area contributed by atoms with Crippen molar-refractivity contribution in [3.05, 3.63) is 47.5 Å². The van der Waals surface area contributed by atoms with Crippen molar-refractivity contribution >= 4 is 5.82 Å². The molecule has 0 bridgehead atoms. The van der Waals surface area contributed by atoms with Crippen molar-refractivity contribution in [2.45, 2.75) is 19.8 Å². The molecule has 0 spiro atoms. The summed E-state index contributed by atoms with van der Waals surface area (Å²) in [5.74, 6) is 2.88. The van der Waals surface area contributed by atoms with Crippen LogP contribution in [0.25, 0.3) is 16.9 Å². The highest BCUT2D eigenvalue weighted by atomic mass is 16.5. The van der Waals surface area contributed by atoms with Crippen LogP contribution in [0.1, 0.15) is 18.1 Å². The van der Waals surface area contributed by atoms with E-state index in [9.17, 15) is 0 Å². The second-order valence-corrected chi connectivity index (χ2v) is 6.70. The van der Waals surface area contributed by atoms with Crippen LogP contribution < -0.4 is 19.5 Å². The predicted octanol–water partition coefficient (Wildman–Crippen LogP) is 4.10. The number of hydrogen-bond donors (Lipinski definition) is 1. The van der Waals surface area contributed by atoms with E-state index in [1.54, 1.807) is 21.3 Å². The lowest BCUT2D eigenvalue weighted by atomic mass is 10.1. The number of ether oxygens (including phenoxy) is 3.